The molecule has 1 saturated carbocycles. The van der Waals surface area contributed by atoms with Gasteiger partial charge in [-0.15, -0.1) is 0 Å². The smallest absolute Gasteiger partial charge is 0.306 e. The Kier molecular flexibility index (Phi) is 5.25. The highest BCUT2D eigenvalue weighted by Gasteiger charge is 2.41. The molecule has 2 fully saturated rings. The number of anilines is 1. The number of para-hydroxylation sites is 1. The summed E-state index contributed by atoms with van der Waals surface area (Å²) in [6.45, 7) is 0.352. The van der Waals surface area contributed by atoms with Crippen molar-refractivity contribution in [1.29, 1.82) is 0 Å². The summed E-state index contributed by atoms with van der Waals surface area (Å²) in [6, 6.07) is 5.46. The van der Waals surface area contributed by atoms with Crippen LogP contribution in [0.2, 0.25) is 0 Å². The average molecular weight is 362 g/mol. The Morgan fingerprint density at radius 2 is 1.88 bits per heavy atom. The van der Waals surface area contributed by atoms with Crippen molar-refractivity contribution >= 4 is 23.5 Å². The number of aliphatic carboxylic acids is 1. The predicted octanol–water partition coefficient (Wildman–Crippen LogP) is 2.28. The van der Waals surface area contributed by atoms with Gasteiger partial charge in [-0.3, -0.25) is 14.4 Å². The Morgan fingerprint density at radius 1 is 1.19 bits per heavy atom. The molecule has 0 bridgehead atoms. The maximum absolute atomic E-state index is 14.0. The van der Waals surface area contributed by atoms with Crippen LogP contribution in [-0.2, 0) is 14.4 Å². The Hall–Kier alpha value is -2.44. The fraction of sp³-hybridized carbons (Fsp3) is 0.526. The van der Waals surface area contributed by atoms with Crippen LogP contribution in [0.3, 0.4) is 0 Å². The number of amides is 2. The van der Waals surface area contributed by atoms with Crippen molar-refractivity contribution in [3.05, 3.63) is 30.1 Å². The normalized spacial score (nSPS) is 26.0. The summed E-state index contributed by atoms with van der Waals surface area (Å²) in [7, 11) is 1.58. The van der Waals surface area contributed by atoms with Gasteiger partial charge in [0.25, 0.3) is 0 Å². The van der Waals surface area contributed by atoms with E-state index >= 15 is 0 Å². The van der Waals surface area contributed by atoms with Crippen molar-refractivity contribution < 1.29 is 23.9 Å². The number of benzene rings is 1. The molecule has 2 amide bonds. The van der Waals surface area contributed by atoms with Gasteiger partial charge in [0, 0.05) is 19.5 Å². The highest BCUT2D eigenvalue weighted by Crippen LogP contribution is 2.32. The molecule has 3 atom stereocenters. The van der Waals surface area contributed by atoms with Crippen molar-refractivity contribution in [2.45, 2.75) is 38.1 Å². The van der Waals surface area contributed by atoms with E-state index in [9.17, 15) is 23.9 Å². The monoisotopic (exact) mass is 362 g/mol. The lowest BCUT2D eigenvalue weighted by molar-refractivity contribution is -0.146. The average Bonchev–Trinajstić information content (AvgIpc) is 3.02. The third-order valence-electron chi connectivity index (χ3n) is 5.51. The Bertz CT molecular complexity index is 723. The second-order valence-electron chi connectivity index (χ2n) is 7.09. The number of carboxylic acids is 1. The molecule has 0 radical (unpaired) electrons. The molecule has 1 aromatic carbocycles. The fourth-order valence-corrected chi connectivity index (χ4v) is 4.01. The topological polar surface area (TPSA) is 77.9 Å². The van der Waals surface area contributed by atoms with Gasteiger partial charge in [-0.2, -0.15) is 0 Å². The van der Waals surface area contributed by atoms with E-state index < -0.39 is 23.7 Å². The fourth-order valence-electron chi connectivity index (χ4n) is 4.01. The summed E-state index contributed by atoms with van der Waals surface area (Å²) >= 11 is 0. The molecule has 3 unspecified atom stereocenters. The van der Waals surface area contributed by atoms with Gasteiger partial charge >= 0.3 is 5.97 Å². The van der Waals surface area contributed by atoms with Crippen LogP contribution in [0.4, 0.5) is 10.1 Å². The van der Waals surface area contributed by atoms with Gasteiger partial charge in [-0.05, 0) is 37.8 Å². The largest absolute Gasteiger partial charge is 0.481 e. The molecule has 140 valence electrons. The van der Waals surface area contributed by atoms with E-state index in [1.807, 2.05) is 0 Å². The lowest BCUT2D eigenvalue weighted by atomic mass is 9.80. The van der Waals surface area contributed by atoms with E-state index in [0.717, 1.165) is 0 Å². The lowest BCUT2D eigenvalue weighted by Gasteiger charge is -2.31. The van der Waals surface area contributed by atoms with Crippen molar-refractivity contribution in [2.75, 3.05) is 18.5 Å². The summed E-state index contributed by atoms with van der Waals surface area (Å²) < 4.78 is 14.0. The van der Waals surface area contributed by atoms with Gasteiger partial charge in [0.05, 0.1) is 11.6 Å². The molecule has 6 nitrogen and oxygen atoms in total. The Morgan fingerprint density at radius 3 is 2.58 bits per heavy atom. The number of halogens is 1. The molecule has 26 heavy (non-hydrogen) atoms. The first kappa shape index (κ1) is 18.4. The van der Waals surface area contributed by atoms with E-state index in [-0.39, 0.29) is 23.4 Å². The third-order valence-corrected chi connectivity index (χ3v) is 5.51. The number of hydrogen-bond acceptors (Lipinski definition) is 3. The van der Waals surface area contributed by atoms with Gasteiger partial charge in [0.15, 0.2) is 0 Å². The van der Waals surface area contributed by atoms with Crippen molar-refractivity contribution in [1.82, 2.24) is 4.90 Å². The zero-order valence-corrected chi connectivity index (χ0v) is 14.7. The van der Waals surface area contributed by atoms with Crippen LogP contribution in [0.5, 0.6) is 0 Å². The molecular weight excluding hydrogens is 339 g/mol. The Labute approximate surface area is 151 Å². The van der Waals surface area contributed by atoms with Crippen LogP contribution in [-0.4, -0.2) is 47.4 Å². The van der Waals surface area contributed by atoms with Crippen LogP contribution < -0.4 is 4.90 Å². The summed E-state index contributed by atoms with van der Waals surface area (Å²) in [6.07, 6.45) is 2.68. The standard InChI is InChI=1S/C19H23FN2O4/c1-21(17(23)12-5-4-6-13(11-12)19(25)26)16-9-10-22(18(16)24)15-8-3-2-7-14(15)20/h2-3,7-8,12-13,16H,4-6,9-11H2,1H3,(H,25,26). The number of hydrogen-bond donors (Lipinski definition) is 1. The van der Waals surface area contributed by atoms with Gasteiger partial charge < -0.3 is 14.9 Å². The predicted molar refractivity (Wildman–Crippen MR) is 93.0 cm³/mol. The number of likely N-dealkylation sites (N-methyl/N-ethyl adjacent to an activating group) is 1. The lowest BCUT2D eigenvalue weighted by Crippen LogP contribution is -2.46. The first-order valence-electron chi connectivity index (χ1n) is 8.95. The molecule has 3 rings (SSSR count). The second kappa shape index (κ2) is 7.43. The maximum atomic E-state index is 14.0. The van der Waals surface area contributed by atoms with Crippen LogP contribution in [0, 0.1) is 17.7 Å². The molecule has 0 aromatic heterocycles. The van der Waals surface area contributed by atoms with Crippen LogP contribution in [0.25, 0.3) is 0 Å². The van der Waals surface area contributed by atoms with Gasteiger partial charge in [0.1, 0.15) is 11.9 Å². The quantitative estimate of drug-likeness (QED) is 0.891. The zero-order chi connectivity index (χ0) is 18.8. The Balaban J connectivity index is 1.69. The summed E-state index contributed by atoms with van der Waals surface area (Å²) in [4.78, 5) is 39.5. The van der Waals surface area contributed by atoms with Crippen LogP contribution in [0.15, 0.2) is 24.3 Å². The SMILES string of the molecule is CN(C(=O)C1CCCC(C(=O)O)C1)C1CCN(c2ccccc2F)C1=O. The molecule has 1 heterocycles. The number of carbonyl (C=O) groups is 3. The second-order valence-corrected chi connectivity index (χ2v) is 7.09. The van der Waals surface area contributed by atoms with Gasteiger partial charge in [-0.1, -0.05) is 18.6 Å². The molecule has 1 aliphatic heterocycles. The molecule has 1 N–H and O–H groups in total. The van der Waals surface area contributed by atoms with Crippen LogP contribution in [0.1, 0.15) is 32.1 Å². The third kappa shape index (κ3) is 3.43. The highest BCUT2D eigenvalue weighted by atomic mass is 19.1. The number of rotatable bonds is 4. The minimum atomic E-state index is -0.868. The van der Waals surface area contributed by atoms with Crippen molar-refractivity contribution in [2.24, 2.45) is 11.8 Å². The van der Waals surface area contributed by atoms with E-state index in [4.69, 9.17) is 0 Å². The first-order chi connectivity index (χ1) is 12.4. The van der Waals surface area contributed by atoms with Gasteiger partial charge in [0.2, 0.25) is 11.8 Å². The number of carbonyl (C=O) groups excluding carboxylic acids is 2. The summed E-state index contributed by atoms with van der Waals surface area (Å²) in [5.41, 5.74) is 0.226. The van der Waals surface area contributed by atoms with E-state index in [2.05, 4.69) is 0 Å². The van der Waals surface area contributed by atoms with Gasteiger partial charge in [-0.25, -0.2) is 4.39 Å². The molecule has 0 spiro atoms. The van der Waals surface area contributed by atoms with E-state index in [1.54, 1.807) is 25.2 Å². The van der Waals surface area contributed by atoms with Crippen LogP contribution >= 0.6 is 0 Å². The highest BCUT2D eigenvalue weighted by molar-refractivity contribution is 6.01. The number of nitrogens with zero attached hydrogens (tertiary/aromatic N) is 2. The molecule has 1 saturated heterocycles. The molecule has 2 aliphatic rings. The van der Waals surface area contributed by atoms with Crippen molar-refractivity contribution in [3.8, 4) is 0 Å². The zero-order valence-electron chi connectivity index (χ0n) is 14.7. The van der Waals surface area contributed by atoms with E-state index in [1.165, 1.54) is 15.9 Å². The summed E-state index contributed by atoms with van der Waals surface area (Å²) in [5, 5.41) is 9.20. The minimum Gasteiger partial charge on any atom is -0.481 e. The molecule has 7 heteroatoms. The molecule has 1 aliphatic carbocycles. The maximum Gasteiger partial charge on any atom is 0.306 e. The van der Waals surface area contributed by atoms with E-state index in [0.29, 0.717) is 38.6 Å². The van der Waals surface area contributed by atoms with Crippen molar-refractivity contribution in [3.63, 3.8) is 0 Å². The first-order valence-corrected chi connectivity index (χ1v) is 8.95. The molecule has 1 aromatic rings. The summed E-state index contributed by atoms with van der Waals surface area (Å²) in [5.74, 6) is -2.69. The number of carboxylic acid groups (broad SMARTS) is 1. The minimum absolute atomic E-state index is 0.190. The molecular formula is C19H23FN2O4.